The Morgan fingerprint density at radius 2 is 1.94 bits per heavy atom. The Morgan fingerprint density at radius 3 is 2.47 bits per heavy atom. The molecule has 4 heteroatoms. The van der Waals surface area contributed by atoms with Crippen LogP contribution in [0, 0.1) is 5.92 Å². The molecule has 0 unspecified atom stereocenters. The van der Waals surface area contributed by atoms with Gasteiger partial charge < -0.3 is 10.6 Å². The molecule has 0 radical (unpaired) electrons. The number of carbonyl (C=O) groups excluding carboxylic acids is 1. The number of hydrogen-bond acceptors (Lipinski definition) is 2. The molecule has 1 fully saturated rings. The van der Waals surface area contributed by atoms with Gasteiger partial charge in [0.05, 0.1) is 6.42 Å². The molecule has 0 saturated heterocycles. The summed E-state index contributed by atoms with van der Waals surface area (Å²) in [4.78, 5) is 13.7. The van der Waals surface area contributed by atoms with Crippen molar-refractivity contribution in [3.05, 3.63) is 29.8 Å². The molecule has 0 heterocycles. The number of benzene rings is 1. The first kappa shape index (κ1) is 13.8. The van der Waals surface area contributed by atoms with Crippen LogP contribution in [-0.4, -0.2) is 24.4 Å². The first-order valence-corrected chi connectivity index (χ1v) is 5.73. The van der Waals surface area contributed by atoms with E-state index >= 15 is 0 Å². The summed E-state index contributed by atoms with van der Waals surface area (Å²) in [6.45, 7) is 0.911. The van der Waals surface area contributed by atoms with Gasteiger partial charge in [-0.3, -0.25) is 4.79 Å². The maximum atomic E-state index is 11.9. The van der Waals surface area contributed by atoms with Crippen LogP contribution in [-0.2, 0) is 11.2 Å². The molecule has 1 aliphatic rings. The molecule has 0 bridgehead atoms. The minimum absolute atomic E-state index is 0. The van der Waals surface area contributed by atoms with E-state index in [1.165, 1.54) is 12.8 Å². The Labute approximate surface area is 108 Å². The van der Waals surface area contributed by atoms with Gasteiger partial charge in [-0.25, -0.2) is 0 Å². The van der Waals surface area contributed by atoms with Gasteiger partial charge in [0, 0.05) is 19.3 Å². The lowest BCUT2D eigenvalue weighted by molar-refractivity contribution is -0.129. The number of amides is 1. The van der Waals surface area contributed by atoms with Gasteiger partial charge in [0.15, 0.2) is 0 Å². The minimum Gasteiger partial charge on any atom is -0.399 e. The molecule has 0 aromatic heterocycles. The Balaban J connectivity index is 0.00000144. The molecule has 94 valence electrons. The molecule has 1 aliphatic carbocycles. The number of nitrogens with zero attached hydrogens (tertiary/aromatic N) is 1. The van der Waals surface area contributed by atoms with E-state index in [9.17, 15) is 4.79 Å². The van der Waals surface area contributed by atoms with E-state index in [4.69, 9.17) is 5.73 Å². The largest absolute Gasteiger partial charge is 0.399 e. The number of hydrogen-bond donors (Lipinski definition) is 1. The normalized spacial score (nSPS) is 13.9. The van der Waals surface area contributed by atoms with Crippen LogP contribution >= 0.6 is 12.4 Å². The highest BCUT2D eigenvalue weighted by molar-refractivity contribution is 5.85. The third kappa shape index (κ3) is 4.27. The second-order valence-electron chi connectivity index (χ2n) is 4.64. The van der Waals surface area contributed by atoms with Crippen molar-refractivity contribution in [1.29, 1.82) is 0 Å². The molecule has 1 amide bonds. The second-order valence-corrected chi connectivity index (χ2v) is 4.64. The van der Waals surface area contributed by atoms with Crippen molar-refractivity contribution in [3.8, 4) is 0 Å². The van der Waals surface area contributed by atoms with E-state index in [0.717, 1.165) is 23.7 Å². The SMILES string of the molecule is CN(CC1CC1)C(=O)Cc1ccc(N)cc1.Cl. The van der Waals surface area contributed by atoms with Crippen LogP contribution in [0.1, 0.15) is 18.4 Å². The zero-order valence-electron chi connectivity index (χ0n) is 10.1. The van der Waals surface area contributed by atoms with Gasteiger partial charge in [-0.1, -0.05) is 12.1 Å². The summed E-state index contributed by atoms with van der Waals surface area (Å²) in [7, 11) is 1.89. The maximum Gasteiger partial charge on any atom is 0.226 e. The van der Waals surface area contributed by atoms with Crippen LogP contribution < -0.4 is 5.73 Å². The van der Waals surface area contributed by atoms with Gasteiger partial charge in [0.2, 0.25) is 5.91 Å². The smallest absolute Gasteiger partial charge is 0.226 e. The highest BCUT2D eigenvalue weighted by atomic mass is 35.5. The molecular formula is C13H19ClN2O. The quantitative estimate of drug-likeness (QED) is 0.837. The fraction of sp³-hybridized carbons (Fsp3) is 0.462. The van der Waals surface area contributed by atoms with Crippen molar-refractivity contribution in [2.75, 3.05) is 19.3 Å². The lowest BCUT2D eigenvalue weighted by Crippen LogP contribution is -2.30. The fourth-order valence-electron chi connectivity index (χ4n) is 1.73. The highest BCUT2D eigenvalue weighted by Gasteiger charge is 2.24. The number of likely N-dealkylation sites (N-methyl/N-ethyl adjacent to an activating group) is 1. The van der Waals surface area contributed by atoms with E-state index in [-0.39, 0.29) is 18.3 Å². The van der Waals surface area contributed by atoms with Crippen molar-refractivity contribution < 1.29 is 4.79 Å². The second kappa shape index (κ2) is 5.92. The topological polar surface area (TPSA) is 46.3 Å². The molecule has 0 aliphatic heterocycles. The molecule has 17 heavy (non-hydrogen) atoms. The van der Waals surface area contributed by atoms with E-state index in [0.29, 0.717) is 6.42 Å². The van der Waals surface area contributed by atoms with Crippen molar-refractivity contribution in [2.24, 2.45) is 5.92 Å². The molecule has 0 atom stereocenters. The highest BCUT2D eigenvalue weighted by Crippen LogP contribution is 2.29. The average molecular weight is 255 g/mol. The summed E-state index contributed by atoms with van der Waals surface area (Å²) in [5, 5.41) is 0. The van der Waals surface area contributed by atoms with E-state index < -0.39 is 0 Å². The predicted molar refractivity (Wildman–Crippen MR) is 72.2 cm³/mol. The third-order valence-corrected chi connectivity index (χ3v) is 2.99. The van der Waals surface area contributed by atoms with Crippen molar-refractivity contribution in [3.63, 3.8) is 0 Å². The number of nitrogens with two attached hydrogens (primary N) is 1. The first-order valence-electron chi connectivity index (χ1n) is 5.73. The van der Waals surface area contributed by atoms with Crippen LogP contribution in [0.25, 0.3) is 0 Å². The number of nitrogen functional groups attached to an aromatic ring is 1. The van der Waals surface area contributed by atoms with Crippen LogP contribution in [0.15, 0.2) is 24.3 Å². The molecule has 1 aromatic carbocycles. The van der Waals surface area contributed by atoms with Crippen LogP contribution in [0.2, 0.25) is 0 Å². The summed E-state index contributed by atoms with van der Waals surface area (Å²) < 4.78 is 0. The average Bonchev–Trinajstić information content (AvgIpc) is 3.05. The van der Waals surface area contributed by atoms with Crippen molar-refractivity contribution in [2.45, 2.75) is 19.3 Å². The van der Waals surface area contributed by atoms with Gasteiger partial charge in [0.25, 0.3) is 0 Å². The zero-order chi connectivity index (χ0) is 11.5. The maximum absolute atomic E-state index is 11.9. The van der Waals surface area contributed by atoms with Gasteiger partial charge >= 0.3 is 0 Å². The Bertz CT molecular complexity index is 374. The standard InChI is InChI=1S/C13H18N2O.ClH/c1-15(9-11-2-3-11)13(16)8-10-4-6-12(14)7-5-10;/h4-7,11H,2-3,8-9,14H2,1H3;1H. The molecule has 2 N–H and O–H groups in total. The molecule has 0 spiro atoms. The third-order valence-electron chi connectivity index (χ3n) is 2.99. The molecule has 3 nitrogen and oxygen atoms in total. The monoisotopic (exact) mass is 254 g/mol. The number of halogens is 1. The van der Waals surface area contributed by atoms with Crippen LogP contribution in [0.5, 0.6) is 0 Å². The summed E-state index contributed by atoms with van der Waals surface area (Å²) >= 11 is 0. The molecule has 2 rings (SSSR count). The lowest BCUT2D eigenvalue weighted by Gasteiger charge is -2.16. The fourth-order valence-corrected chi connectivity index (χ4v) is 1.73. The molecular weight excluding hydrogens is 236 g/mol. The Hall–Kier alpha value is -1.22. The summed E-state index contributed by atoms with van der Waals surface area (Å²) in [6, 6.07) is 7.50. The number of carbonyl (C=O) groups is 1. The Morgan fingerprint density at radius 1 is 1.35 bits per heavy atom. The van der Waals surface area contributed by atoms with Gasteiger partial charge in [-0.05, 0) is 36.5 Å². The predicted octanol–water partition coefficient (Wildman–Crippen LogP) is 2.10. The number of rotatable bonds is 4. The lowest BCUT2D eigenvalue weighted by atomic mass is 10.1. The summed E-state index contributed by atoms with van der Waals surface area (Å²) in [5.74, 6) is 0.942. The van der Waals surface area contributed by atoms with E-state index in [1.54, 1.807) is 0 Å². The van der Waals surface area contributed by atoms with E-state index in [2.05, 4.69) is 0 Å². The van der Waals surface area contributed by atoms with Crippen molar-refractivity contribution in [1.82, 2.24) is 4.90 Å². The van der Waals surface area contributed by atoms with E-state index in [1.807, 2.05) is 36.2 Å². The molecule has 1 aromatic rings. The molecule has 1 saturated carbocycles. The van der Waals surface area contributed by atoms with Crippen LogP contribution in [0.4, 0.5) is 5.69 Å². The summed E-state index contributed by atoms with van der Waals surface area (Å²) in [5.41, 5.74) is 7.36. The van der Waals surface area contributed by atoms with Gasteiger partial charge in [-0.2, -0.15) is 0 Å². The van der Waals surface area contributed by atoms with Gasteiger partial charge in [-0.15, -0.1) is 12.4 Å². The zero-order valence-corrected chi connectivity index (χ0v) is 10.9. The summed E-state index contributed by atoms with van der Waals surface area (Å²) in [6.07, 6.45) is 3.03. The Kier molecular flexibility index (Phi) is 4.82. The van der Waals surface area contributed by atoms with Crippen LogP contribution in [0.3, 0.4) is 0 Å². The first-order chi connectivity index (χ1) is 7.65. The minimum atomic E-state index is 0. The number of anilines is 1. The van der Waals surface area contributed by atoms with Crippen molar-refractivity contribution >= 4 is 24.0 Å². The van der Waals surface area contributed by atoms with Gasteiger partial charge in [0.1, 0.15) is 0 Å².